The minimum Gasteiger partial charge on any atom is -0.394 e. The topological polar surface area (TPSA) is 116 Å². The Labute approximate surface area is 213 Å². The number of nitrogens with zero attached hydrogens (tertiary/aromatic N) is 4. The van der Waals surface area contributed by atoms with Crippen molar-refractivity contribution < 1.29 is 14.6 Å². The number of nitrogens with one attached hydrogen (secondary N) is 2. The molecule has 0 fully saturated rings. The molecule has 0 amide bonds. The van der Waals surface area contributed by atoms with Gasteiger partial charge in [-0.25, -0.2) is 24.3 Å². The summed E-state index contributed by atoms with van der Waals surface area (Å²) in [6.45, 7) is 3.63. The van der Waals surface area contributed by atoms with Crippen molar-refractivity contribution in [1.82, 2.24) is 19.9 Å². The van der Waals surface area contributed by atoms with Gasteiger partial charge in [-0.3, -0.25) is 0 Å². The first-order chi connectivity index (χ1) is 17.3. The smallest absolute Gasteiger partial charge is 0.222 e. The summed E-state index contributed by atoms with van der Waals surface area (Å²) in [6, 6.07) is 14.3. The van der Waals surface area contributed by atoms with Gasteiger partial charge in [0.15, 0.2) is 0 Å². The van der Waals surface area contributed by atoms with Gasteiger partial charge in [0.05, 0.1) is 23.4 Å². The minimum atomic E-state index is -0.874. The van der Waals surface area contributed by atoms with Gasteiger partial charge >= 0.3 is 0 Å². The van der Waals surface area contributed by atoms with E-state index >= 15 is 0 Å². The molecule has 0 aliphatic carbocycles. The molecule has 4 N–H and O–H groups in total. The van der Waals surface area contributed by atoms with Gasteiger partial charge < -0.3 is 20.8 Å². The Morgan fingerprint density at radius 3 is 2.50 bits per heavy atom. The molecule has 4 rings (SSSR count). The lowest BCUT2D eigenvalue weighted by Crippen LogP contribution is -2.23. The van der Waals surface area contributed by atoms with Crippen molar-refractivity contribution in [1.29, 1.82) is 0 Å². The minimum absolute atomic E-state index is 0.0631. The van der Waals surface area contributed by atoms with E-state index < -0.39 is 11.9 Å². The zero-order chi connectivity index (χ0) is 25.7. The van der Waals surface area contributed by atoms with E-state index in [-0.39, 0.29) is 24.2 Å². The molecule has 0 aliphatic heterocycles. The quantitative estimate of drug-likeness (QED) is 0.258. The van der Waals surface area contributed by atoms with Gasteiger partial charge in [-0.15, -0.1) is 0 Å². The van der Waals surface area contributed by atoms with Crippen LogP contribution in [0.5, 0.6) is 0 Å². The van der Waals surface area contributed by atoms with Crippen molar-refractivity contribution in [3.05, 3.63) is 83.2 Å². The molecular formula is C26H26ClFN6O2. The first-order valence-corrected chi connectivity index (χ1v) is 11.7. The second-order valence-corrected chi connectivity index (χ2v) is 8.73. The zero-order valence-corrected chi connectivity index (χ0v) is 20.5. The molecule has 0 aliphatic rings. The van der Waals surface area contributed by atoms with Crippen LogP contribution in [0.2, 0.25) is 5.02 Å². The molecule has 2 atom stereocenters. The summed E-state index contributed by atoms with van der Waals surface area (Å²) in [5.74, 6) is 1.05. The van der Waals surface area contributed by atoms with E-state index in [0.717, 1.165) is 16.7 Å². The van der Waals surface area contributed by atoms with Crippen LogP contribution < -0.4 is 10.6 Å². The number of aromatic nitrogens is 4. The number of aliphatic hydroxyl groups is 2. The molecule has 8 nitrogen and oxygen atoms in total. The molecule has 2 aromatic carbocycles. The highest BCUT2D eigenvalue weighted by Crippen LogP contribution is 2.27. The van der Waals surface area contributed by atoms with Crippen LogP contribution in [0.25, 0.3) is 22.4 Å². The number of aryl methyl sites for hydroxylation is 1. The fraction of sp³-hybridized carbons (Fsp3) is 0.231. The Morgan fingerprint density at radius 2 is 1.78 bits per heavy atom. The fourth-order valence-corrected chi connectivity index (χ4v) is 3.70. The second-order valence-electron chi connectivity index (χ2n) is 8.32. The predicted octanol–water partition coefficient (Wildman–Crippen LogP) is 4.64. The molecular weight excluding hydrogens is 483 g/mol. The number of aliphatic hydroxyl groups excluding tert-OH is 2. The molecule has 0 bridgehead atoms. The summed E-state index contributed by atoms with van der Waals surface area (Å²) >= 11 is 5.81. The van der Waals surface area contributed by atoms with Gasteiger partial charge in [-0.1, -0.05) is 35.9 Å². The summed E-state index contributed by atoms with van der Waals surface area (Å²) in [4.78, 5) is 17.5. The predicted molar refractivity (Wildman–Crippen MR) is 138 cm³/mol. The van der Waals surface area contributed by atoms with E-state index in [1.807, 2.05) is 31.2 Å². The number of hydrogen-bond acceptors (Lipinski definition) is 8. The van der Waals surface area contributed by atoms with Gasteiger partial charge in [0.25, 0.3) is 0 Å². The third-order valence-corrected chi connectivity index (χ3v) is 5.80. The zero-order valence-electron chi connectivity index (χ0n) is 19.8. The standard InChI is InChI=1S/C26H26ClFN6O2/c1-15(32-25-10-24(33-16(2)34-25)19-6-7-22(27)23(28)9-19)17-4-3-5-18(8-17)20-11-29-26(30-12-20)31-13-21(36)14-35/h3-12,15,21,35-36H,13-14H2,1-2H3,(H,29,30,31)(H,32,33,34). The van der Waals surface area contributed by atoms with Gasteiger partial charge in [0.2, 0.25) is 5.95 Å². The average molecular weight is 509 g/mol. The lowest BCUT2D eigenvalue weighted by atomic mass is 10.0. The van der Waals surface area contributed by atoms with Crippen LogP contribution in [-0.4, -0.2) is 49.4 Å². The summed E-state index contributed by atoms with van der Waals surface area (Å²) in [5, 5.41) is 24.7. The van der Waals surface area contributed by atoms with Gasteiger partial charge in [0, 0.05) is 42.2 Å². The molecule has 36 heavy (non-hydrogen) atoms. The molecule has 0 radical (unpaired) electrons. The normalized spacial score (nSPS) is 12.7. The van der Waals surface area contributed by atoms with E-state index in [0.29, 0.717) is 28.8 Å². The summed E-state index contributed by atoms with van der Waals surface area (Å²) in [7, 11) is 0. The second kappa shape index (κ2) is 11.4. The highest BCUT2D eigenvalue weighted by Gasteiger charge is 2.12. The number of rotatable bonds is 9. The van der Waals surface area contributed by atoms with Crippen molar-refractivity contribution in [2.24, 2.45) is 0 Å². The van der Waals surface area contributed by atoms with E-state index in [9.17, 15) is 9.50 Å². The monoisotopic (exact) mass is 508 g/mol. The van der Waals surface area contributed by atoms with Crippen LogP contribution in [0.1, 0.15) is 24.4 Å². The van der Waals surface area contributed by atoms with E-state index in [2.05, 4.69) is 30.6 Å². The molecule has 4 aromatic rings. The summed E-state index contributed by atoms with van der Waals surface area (Å²) < 4.78 is 14.0. The first kappa shape index (κ1) is 25.4. The Balaban J connectivity index is 1.50. The van der Waals surface area contributed by atoms with Gasteiger partial charge in [0.1, 0.15) is 17.5 Å². The SMILES string of the molecule is Cc1nc(NC(C)c2cccc(-c3cnc(NCC(O)CO)nc3)c2)cc(-c2ccc(Cl)c(F)c2)n1. The lowest BCUT2D eigenvalue weighted by molar-refractivity contribution is 0.105. The van der Waals surface area contributed by atoms with Crippen LogP contribution in [0.3, 0.4) is 0 Å². The Hall–Kier alpha value is -3.66. The van der Waals surface area contributed by atoms with E-state index in [1.54, 1.807) is 31.5 Å². The Kier molecular flexibility index (Phi) is 8.04. The highest BCUT2D eigenvalue weighted by atomic mass is 35.5. The number of benzene rings is 2. The van der Waals surface area contributed by atoms with Gasteiger partial charge in [-0.05, 0) is 43.2 Å². The highest BCUT2D eigenvalue weighted by molar-refractivity contribution is 6.30. The van der Waals surface area contributed by atoms with Crippen molar-refractivity contribution >= 4 is 23.4 Å². The molecule has 2 unspecified atom stereocenters. The molecule has 2 aromatic heterocycles. The van der Waals surface area contributed by atoms with Crippen LogP contribution in [-0.2, 0) is 0 Å². The maximum Gasteiger partial charge on any atom is 0.222 e. The molecule has 2 heterocycles. The molecule has 0 saturated heterocycles. The van der Waals surface area contributed by atoms with Crippen LogP contribution in [0.15, 0.2) is 60.9 Å². The molecule has 186 valence electrons. The maximum absolute atomic E-state index is 14.0. The number of halogens is 2. The molecule has 0 spiro atoms. The largest absolute Gasteiger partial charge is 0.394 e. The third kappa shape index (κ3) is 6.31. The Bertz CT molecular complexity index is 1340. The van der Waals surface area contributed by atoms with Crippen molar-refractivity contribution in [2.45, 2.75) is 26.0 Å². The lowest BCUT2D eigenvalue weighted by Gasteiger charge is -2.17. The van der Waals surface area contributed by atoms with Crippen LogP contribution in [0.4, 0.5) is 16.2 Å². The van der Waals surface area contributed by atoms with Crippen LogP contribution in [0, 0.1) is 12.7 Å². The third-order valence-electron chi connectivity index (χ3n) is 5.50. The van der Waals surface area contributed by atoms with Crippen molar-refractivity contribution in [3.8, 4) is 22.4 Å². The Morgan fingerprint density at radius 1 is 1.00 bits per heavy atom. The van der Waals surface area contributed by atoms with Crippen molar-refractivity contribution in [2.75, 3.05) is 23.8 Å². The molecule has 10 heteroatoms. The maximum atomic E-state index is 14.0. The fourth-order valence-electron chi connectivity index (χ4n) is 3.58. The van der Waals surface area contributed by atoms with Crippen molar-refractivity contribution in [3.63, 3.8) is 0 Å². The summed E-state index contributed by atoms with van der Waals surface area (Å²) in [5.41, 5.74) is 4.01. The summed E-state index contributed by atoms with van der Waals surface area (Å²) in [6.07, 6.45) is 2.52. The van der Waals surface area contributed by atoms with Gasteiger partial charge in [-0.2, -0.15) is 0 Å². The first-order valence-electron chi connectivity index (χ1n) is 11.3. The van der Waals surface area contributed by atoms with E-state index in [1.165, 1.54) is 12.1 Å². The molecule has 0 saturated carbocycles. The number of hydrogen-bond donors (Lipinski definition) is 4. The van der Waals surface area contributed by atoms with Crippen LogP contribution >= 0.6 is 11.6 Å². The van der Waals surface area contributed by atoms with E-state index in [4.69, 9.17) is 16.7 Å². The average Bonchev–Trinajstić information content (AvgIpc) is 2.88. The number of anilines is 2.